The maximum atomic E-state index is 6.11. The van der Waals surface area contributed by atoms with E-state index in [0.29, 0.717) is 0 Å². The first-order valence-electron chi connectivity index (χ1n) is 5.91. The van der Waals surface area contributed by atoms with Crippen molar-refractivity contribution in [1.29, 1.82) is 0 Å². The minimum atomic E-state index is 0.723. The van der Waals surface area contributed by atoms with Gasteiger partial charge in [-0.05, 0) is 42.3 Å². The lowest BCUT2D eigenvalue weighted by Crippen LogP contribution is -2.12. The largest absolute Gasteiger partial charge is 0.308 e. The highest BCUT2D eigenvalue weighted by atomic mass is 35.5. The third-order valence-corrected chi connectivity index (χ3v) is 4.52. The minimum Gasteiger partial charge on any atom is -0.308 e. The number of benzene rings is 1. The highest BCUT2D eigenvalue weighted by Crippen LogP contribution is 2.21. The van der Waals surface area contributed by atoms with Gasteiger partial charge in [0.15, 0.2) is 0 Å². The Morgan fingerprint density at radius 2 is 1.83 bits per heavy atom. The molecule has 96 valence electrons. The predicted molar refractivity (Wildman–Crippen MR) is 80.7 cm³/mol. The van der Waals surface area contributed by atoms with Crippen molar-refractivity contribution in [3.63, 3.8) is 0 Å². The molecular weight excluding hydrogens is 285 g/mol. The van der Waals surface area contributed by atoms with Gasteiger partial charge in [0.05, 0.1) is 0 Å². The van der Waals surface area contributed by atoms with Crippen molar-refractivity contribution in [2.45, 2.75) is 26.4 Å². The van der Waals surface area contributed by atoms with Crippen molar-refractivity contribution in [2.24, 2.45) is 0 Å². The summed E-state index contributed by atoms with van der Waals surface area (Å²) in [6.07, 6.45) is 1.10. The molecule has 0 aliphatic rings. The van der Waals surface area contributed by atoms with Crippen LogP contribution in [0.1, 0.15) is 22.2 Å². The molecule has 0 unspecified atom stereocenters. The molecule has 2 rings (SSSR count). The van der Waals surface area contributed by atoms with E-state index < -0.39 is 0 Å². The summed E-state index contributed by atoms with van der Waals surface area (Å²) in [5.74, 6) is 0. The SMILES string of the molecule is CCc1ccc(CNCc2cc(Cl)ccc2Cl)s1. The zero-order chi connectivity index (χ0) is 13.0. The van der Waals surface area contributed by atoms with Crippen LogP contribution in [-0.4, -0.2) is 0 Å². The van der Waals surface area contributed by atoms with E-state index in [1.165, 1.54) is 9.75 Å². The van der Waals surface area contributed by atoms with Gasteiger partial charge in [0.25, 0.3) is 0 Å². The van der Waals surface area contributed by atoms with Gasteiger partial charge in [-0.1, -0.05) is 30.1 Å². The van der Waals surface area contributed by atoms with E-state index in [0.717, 1.165) is 35.1 Å². The molecule has 18 heavy (non-hydrogen) atoms. The molecule has 0 aliphatic heterocycles. The molecule has 0 atom stereocenters. The Kier molecular flexibility index (Phi) is 5.07. The van der Waals surface area contributed by atoms with E-state index in [-0.39, 0.29) is 0 Å². The van der Waals surface area contributed by atoms with Crippen LogP contribution in [0.25, 0.3) is 0 Å². The average molecular weight is 300 g/mol. The van der Waals surface area contributed by atoms with Crippen molar-refractivity contribution >= 4 is 34.5 Å². The lowest BCUT2D eigenvalue weighted by atomic mass is 10.2. The highest BCUT2D eigenvalue weighted by Gasteiger charge is 2.02. The monoisotopic (exact) mass is 299 g/mol. The maximum Gasteiger partial charge on any atom is 0.0451 e. The Morgan fingerprint density at radius 3 is 2.56 bits per heavy atom. The van der Waals surface area contributed by atoms with Gasteiger partial charge < -0.3 is 5.32 Å². The van der Waals surface area contributed by atoms with E-state index >= 15 is 0 Å². The molecule has 0 saturated carbocycles. The first-order chi connectivity index (χ1) is 8.69. The van der Waals surface area contributed by atoms with Crippen LogP contribution in [-0.2, 0) is 19.5 Å². The number of halogens is 2. The summed E-state index contributed by atoms with van der Waals surface area (Å²) in [6.45, 7) is 3.78. The first kappa shape index (κ1) is 13.9. The normalized spacial score (nSPS) is 10.8. The number of hydrogen-bond donors (Lipinski definition) is 1. The quantitative estimate of drug-likeness (QED) is 0.827. The number of thiophene rings is 1. The van der Waals surface area contributed by atoms with Gasteiger partial charge in [0.2, 0.25) is 0 Å². The lowest BCUT2D eigenvalue weighted by molar-refractivity contribution is 0.701. The summed E-state index contributed by atoms with van der Waals surface area (Å²) >= 11 is 13.9. The van der Waals surface area contributed by atoms with Crippen LogP contribution < -0.4 is 5.32 Å². The summed E-state index contributed by atoms with van der Waals surface area (Å²) in [4.78, 5) is 2.78. The van der Waals surface area contributed by atoms with Gasteiger partial charge in [-0.3, -0.25) is 0 Å². The van der Waals surface area contributed by atoms with Crippen LogP contribution in [0, 0.1) is 0 Å². The highest BCUT2D eigenvalue weighted by molar-refractivity contribution is 7.11. The molecule has 0 radical (unpaired) electrons. The van der Waals surface area contributed by atoms with Gasteiger partial charge in [0.1, 0.15) is 0 Å². The van der Waals surface area contributed by atoms with Crippen LogP contribution >= 0.6 is 34.5 Å². The van der Waals surface area contributed by atoms with Crippen LogP contribution in [0.3, 0.4) is 0 Å². The van der Waals surface area contributed by atoms with Crippen molar-refractivity contribution in [1.82, 2.24) is 5.32 Å². The van der Waals surface area contributed by atoms with E-state index in [2.05, 4.69) is 24.4 Å². The Hall–Kier alpha value is -0.540. The fourth-order valence-electron chi connectivity index (χ4n) is 1.71. The molecule has 2 aromatic rings. The summed E-state index contributed by atoms with van der Waals surface area (Å²) in [7, 11) is 0. The molecule has 4 heteroatoms. The van der Waals surface area contributed by atoms with Crippen molar-refractivity contribution in [3.05, 3.63) is 55.7 Å². The molecule has 0 fully saturated rings. The smallest absolute Gasteiger partial charge is 0.0451 e. The third kappa shape index (κ3) is 3.72. The average Bonchev–Trinajstić information content (AvgIpc) is 2.81. The second kappa shape index (κ2) is 6.58. The van der Waals surface area contributed by atoms with Crippen molar-refractivity contribution < 1.29 is 0 Å². The standard InChI is InChI=1S/C14H15Cl2NS/c1-2-12-4-5-13(18-12)9-17-8-10-7-11(15)3-6-14(10)16/h3-7,17H,2,8-9H2,1H3. The van der Waals surface area contributed by atoms with Gasteiger partial charge >= 0.3 is 0 Å². The topological polar surface area (TPSA) is 12.0 Å². The van der Waals surface area contributed by atoms with E-state index in [1.54, 1.807) is 6.07 Å². The van der Waals surface area contributed by atoms with Gasteiger partial charge in [-0.2, -0.15) is 0 Å². The van der Waals surface area contributed by atoms with E-state index in [1.807, 2.05) is 23.5 Å². The third-order valence-electron chi connectivity index (χ3n) is 2.69. The zero-order valence-electron chi connectivity index (χ0n) is 10.2. The lowest BCUT2D eigenvalue weighted by Gasteiger charge is -2.06. The number of nitrogens with one attached hydrogen (secondary N) is 1. The van der Waals surface area contributed by atoms with Crippen LogP contribution in [0.5, 0.6) is 0 Å². The molecular formula is C14H15Cl2NS. The number of hydrogen-bond acceptors (Lipinski definition) is 2. The molecule has 1 heterocycles. The maximum absolute atomic E-state index is 6.11. The Bertz CT molecular complexity index is 522. The van der Waals surface area contributed by atoms with Gasteiger partial charge in [0, 0.05) is 32.9 Å². The summed E-state index contributed by atoms with van der Waals surface area (Å²) in [5.41, 5.74) is 1.04. The van der Waals surface area contributed by atoms with Crippen LogP contribution in [0.15, 0.2) is 30.3 Å². The number of aryl methyl sites for hydroxylation is 1. The van der Waals surface area contributed by atoms with Crippen molar-refractivity contribution in [2.75, 3.05) is 0 Å². The molecule has 0 aliphatic carbocycles. The predicted octanol–water partition coefficient (Wildman–Crippen LogP) is 4.91. The van der Waals surface area contributed by atoms with Crippen molar-refractivity contribution in [3.8, 4) is 0 Å². The first-order valence-corrected chi connectivity index (χ1v) is 7.48. The van der Waals surface area contributed by atoms with E-state index in [9.17, 15) is 0 Å². The molecule has 0 amide bonds. The summed E-state index contributed by atoms with van der Waals surface area (Å²) in [6, 6.07) is 9.91. The fraction of sp³-hybridized carbons (Fsp3) is 0.286. The zero-order valence-corrected chi connectivity index (χ0v) is 12.5. The molecule has 0 spiro atoms. The molecule has 1 aromatic heterocycles. The fourth-order valence-corrected chi connectivity index (χ4v) is 3.01. The Balaban J connectivity index is 1.90. The van der Waals surface area contributed by atoms with Gasteiger partial charge in [-0.25, -0.2) is 0 Å². The molecule has 1 nitrogen and oxygen atoms in total. The Labute approximate surface area is 122 Å². The molecule has 0 saturated heterocycles. The van der Waals surface area contributed by atoms with E-state index in [4.69, 9.17) is 23.2 Å². The molecule has 1 aromatic carbocycles. The Morgan fingerprint density at radius 1 is 1.06 bits per heavy atom. The second-order valence-electron chi connectivity index (χ2n) is 4.06. The number of rotatable bonds is 5. The molecule has 0 bridgehead atoms. The van der Waals surface area contributed by atoms with Crippen LogP contribution in [0.4, 0.5) is 0 Å². The second-order valence-corrected chi connectivity index (χ2v) is 6.16. The molecule has 1 N–H and O–H groups in total. The minimum absolute atomic E-state index is 0.723. The van der Waals surface area contributed by atoms with Crippen LogP contribution in [0.2, 0.25) is 10.0 Å². The van der Waals surface area contributed by atoms with Gasteiger partial charge in [-0.15, -0.1) is 11.3 Å². The summed E-state index contributed by atoms with van der Waals surface area (Å²) < 4.78 is 0. The summed E-state index contributed by atoms with van der Waals surface area (Å²) in [5, 5.41) is 4.87.